The Labute approximate surface area is 186 Å². The highest BCUT2D eigenvalue weighted by Gasteiger charge is 2.27. The van der Waals surface area contributed by atoms with E-state index in [1.165, 1.54) is 42.2 Å². The molecule has 0 bridgehead atoms. The van der Waals surface area contributed by atoms with Crippen LogP contribution in [0.5, 0.6) is 0 Å². The number of nitrogens with zero attached hydrogens (tertiary/aromatic N) is 3. The maximum absolute atomic E-state index is 4.64. The van der Waals surface area contributed by atoms with Crippen molar-refractivity contribution < 1.29 is 0 Å². The molecule has 4 rings (SSSR count). The van der Waals surface area contributed by atoms with Gasteiger partial charge in [-0.1, -0.05) is 37.3 Å². The third-order valence-corrected chi connectivity index (χ3v) is 6.74. The van der Waals surface area contributed by atoms with E-state index in [1.54, 1.807) is 6.33 Å². The summed E-state index contributed by atoms with van der Waals surface area (Å²) >= 11 is 0. The van der Waals surface area contributed by atoms with Crippen LogP contribution in [-0.2, 0) is 12.8 Å². The summed E-state index contributed by atoms with van der Waals surface area (Å²) in [6, 6.07) is 11.3. The van der Waals surface area contributed by atoms with Crippen molar-refractivity contribution in [2.24, 2.45) is 5.92 Å². The van der Waals surface area contributed by atoms with Crippen molar-refractivity contribution in [2.75, 3.05) is 26.2 Å². The molecule has 1 saturated carbocycles. The Morgan fingerprint density at radius 3 is 2.71 bits per heavy atom. The van der Waals surface area contributed by atoms with Gasteiger partial charge in [-0.15, -0.1) is 0 Å². The number of aromatic nitrogens is 3. The molecule has 31 heavy (non-hydrogen) atoms. The van der Waals surface area contributed by atoms with E-state index < -0.39 is 0 Å². The smallest absolute Gasteiger partial charge is 0.144 e. The lowest BCUT2D eigenvalue weighted by Crippen LogP contribution is -2.26. The van der Waals surface area contributed by atoms with Gasteiger partial charge >= 0.3 is 0 Å². The molecular weight excluding hydrogens is 382 g/mol. The second-order valence-electron chi connectivity index (χ2n) is 8.95. The van der Waals surface area contributed by atoms with Crippen LogP contribution in [0.25, 0.3) is 11.0 Å². The minimum absolute atomic E-state index is 0.573. The Kier molecular flexibility index (Phi) is 7.71. The van der Waals surface area contributed by atoms with Crippen LogP contribution in [0.2, 0.25) is 0 Å². The number of fused-ring (bicyclic) bond motifs is 1. The van der Waals surface area contributed by atoms with E-state index in [-0.39, 0.29) is 0 Å². The van der Waals surface area contributed by atoms with Crippen LogP contribution in [0.1, 0.15) is 55.5 Å². The first-order chi connectivity index (χ1) is 15.3. The maximum atomic E-state index is 4.64. The number of aryl methyl sites for hydroxylation is 2. The third-order valence-electron chi connectivity index (χ3n) is 6.74. The van der Waals surface area contributed by atoms with Crippen LogP contribution in [0.3, 0.4) is 0 Å². The minimum Gasteiger partial charge on any atom is -0.329 e. The van der Waals surface area contributed by atoms with Crippen molar-refractivity contribution in [1.82, 2.24) is 25.2 Å². The molecule has 0 aliphatic heterocycles. The molecule has 1 fully saturated rings. The third kappa shape index (κ3) is 5.52. The lowest BCUT2D eigenvalue weighted by atomic mass is 10.1. The summed E-state index contributed by atoms with van der Waals surface area (Å²) < 4.78 is 2.44. The van der Waals surface area contributed by atoms with Gasteiger partial charge in [0.2, 0.25) is 0 Å². The topological polar surface area (TPSA) is 54.8 Å². The molecule has 3 aromatic rings. The lowest BCUT2D eigenvalue weighted by Gasteiger charge is -2.15. The van der Waals surface area contributed by atoms with E-state index in [4.69, 9.17) is 0 Å². The van der Waals surface area contributed by atoms with Gasteiger partial charge in [-0.2, -0.15) is 0 Å². The molecule has 0 spiro atoms. The summed E-state index contributed by atoms with van der Waals surface area (Å²) in [5, 5.41) is 8.53. The Hall–Kier alpha value is -2.24. The Bertz CT molecular complexity index is 949. The van der Waals surface area contributed by atoms with E-state index in [2.05, 4.69) is 75.5 Å². The predicted octanol–water partition coefficient (Wildman–Crippen LogP) is 4.46. The number of benzene rings is 1. The van der Waals surface area contributed by atoms with Crippen LogP contribution >= 0.6 is 0 Å². The average molecular weight is 420 g/mol. The lowest BCUT2D eigenvalue weighted by molar-refractivity contribution is 0.451. The molecular formula is C26H37N5. The molecule has 2 unspecified atom stereocenters. The standard InChI is InChI=1S/C26H37N5/c1-3-23-18-31(26-25(23)20(2)29-19-30-26)24-11-10-22(16-24)17-28-14-7-13-27-15-12-21-8-5-4-6-9-21/h4-6,8-9,18-19,22,24,27-28H,3,7,10-17H2,1-2H3. The quantitative estimate of drug-likeness (QED) is 0.451. The van der Waals surface area contributed by atoms with Gasteiger partial charge in [-0.05, 0) is 88.7 Å². The zero-order valence-corrected chi connectivity index (χ0v) is 19.1. The fourth-order valence-electron chi connectivity index (χ4n) is 5.01. The first kappa shape index (κ1) is 22.0. The molecule has 2 heterocycles. The van der Waals surface area contributed by atoms with E-state index in [0.717, 1.165) is 56.3 Å². The average Bonchev–Trinajstić information content (AvgIpc) is 3.41. The van der Waals surface area contributed by atoms with E-state index >= 15 is 0 Å². The SMILES string of the molecule is CCc1cn(C2CCC(CNCCCNCCc3ccccc3)C2)c2ncnc(C)c12. The minimum atomic E-state index is 0.573. The monoisotopic (exact) mass is 419 g/mol. The molecule has 0 saturated heterocycles. The molecule has 2 atom stereocenters. The molecule has 2 aromatic heterocycles. The van der Waals surface area contributed by atoms with Gasteiger partial charge in [0.25, 0.3) is 0 Å². The molecule has 1 aliphatic rings. The predicted molar refractivity (Wildman–Crippen MR) is 129 cm³/mol. The fourth-order valence-corrected chi connectivity index (χ4v) is 5.01. The summed E-state index contributed by atoms with van der Waals surface area (Å²) in [5.41, 5.74) is 5.03. The molecule has 1 aromatic carbocycles. The van der Waals surface area contributed by atoms with Gasteiger partial charge in [0.15, 0.2) is 0 Å². The van der Waals surface area contributed by atoms with Crippen LogP contribution in [0, 0.1) is 12.8 Å². The van der Waals surface area contributed by atoms with Crippen molar-refractivity contribution in [1.29, 1.82) is 0 Å². The number of nitrogens with one attached hydrogen (secondary N) is 2. The van der Waals surface area contributed by atoms with Crippen LogP contribution in [-0.4, -0.2) is 40.7 Å². The van der Waals surface area contributed by atoms with Gasteiger partial charge in [-0.3, -0.25) is 0 Å². The van der Waals surface area contributed by atoms with Crippen LogP contribution < -0.4 is 10.6 Å². The van der Waals surface area contributed by atoms with Crippen LogP contribution in [0.4, 0.5) is 0 Å². The summed E-state index contributed by atoms with van der Waals surface area (Å²) in [6.45, 7) is 8.70. The van der Waals surface area contributed by atoms with Gasteiger partial charge < -0.3 is 15.2 Å². The summed E-state index contributed by atoms with van der Waals surface area (Å²) in [7, 11) is 0. The number of hydrogen-bond donors (Lipinski definition) is 2. The van der Waals surface area contributed by atoms with Crippen molar-refractivity contribution in [3.8, 4) is 0 Å². The highest BCUT2D eigenvalue weighted by molar-refractivity contribution is 5.82. The Morgan fingerprint density at radius 2 is 1.87 bits per heavy atom. The zero-order chi connectivity index (χ0) is 21.5. The zero-order valence-electron chi connectivity index (χ0n) is 19.1. The molecule has 5 heteroatoms. The maximum Gasteiger partial charge on any atom is 0.144 e. The van der Waals surface area contributed by atoms with E-state index in [0.29, 0.717) is 6.04 Å². The summed E-state index contributed by atoms with van der Waals surface area (Å²) in [6.07, 6.45) is 11.2. The number of hydrogen-bond acceptors (Lipinski definition) is 4. The van der Waals surface area contributed by atoms with Crippen molar-refractivity contribution in [2.45, 2.75) is 58.4 Å². The van der Waals surface area contributed by atoms with Crippen molar-refractivity contribution >= 4 is 11.0 Å². The molecule has 0 radical (unpaired) electrons. The van der Waals surface area contributed by atoms with Gasteiger partial charge in [-0.25, -0.2) is 9.97 Å². The van der Waals surface area contributed by atoms with Crippen molar-refractivity contribution in [3.05, 3.63) is 59.7 Å². The van der Waals surface area contributed by atoms with E-state index in [9.17, 15) is 0 Å². The van der Waals surface area contributed by atoms with Gasteiger partial charge in [0.05, 0.1) is 5.69 Å². The largest absolute Gasteiger partial charge is 0.329 e. The van der Waals surface area contributed by atoms with Gasteiger partial charge in [0, 0.05) is 17.6 Å². The normalized spacial score (nSPS) is 18.8. The first-order valence-corrected chi connectivity index (χ1v) is 12.0. The molecule has 5 nitrogen and oxygen atoms in total. The van der Waals surface area contributed by atoms with Crippen LogP contribution in [0.15, 0.2) is 42.9 Å². The molecule has 166 valence electrons. The second kappa shape index (κ2) is 10.9. The summed E-state index contributed by atoms with van der Waals surface area (Å²) in [4.78, 5) is 9.06. The molecule has 1 aliphatic carbocycles. The summed E-state index contributed by atoms with van der Waals surface area (Å²) in [5.74, 6) is 0.765. The highest BCUT2D eigenvalue weighted by Crippen LogP contribution is 2.37. The van der Waals surface area contributed by atoms with Gasteiger partial charge in [0.1, 0.15) is 12.0 Å². The second-order valence-corrected chi connectivity index (χ2v) is 8.95. The van der Waals surface area contributed by atoms with Crippen molar-refractivity contribution in [3.63, 3.8) is 0 Å². The Morgan fingerprint density at radius 1 is 1.03 bits per heavy atom. The van der Waals surface area contributed by atoms with E-state index in [1.807, 2.05) is 0 Å². The number of rotatable bonds is 11. The molecule has 0 amide bonds. The molecule has 2 N–H and O–H groups in total. The highest BCUT2D eigenvalue weighted by atomic mass is 15.1. The Balaban J connectivity index is 1.16. The fraction of sp³-hybridized carbons (Fsp3) is 0.538. The first-order valence-electron chi connectivity index (χ1n) is 12.0.